The van der Waals surface area contributed by atoms with Crippen molar-refractivity contribution in [3.05, 3.63) is 29.8 Å². The lowest BCUT2D eigenvalue weighted by molar-refractivity contribution is -0.128. The fourth-order valence-electron chi connectivity index (χ4n) is 2.82. The first-order valence-corrected chi connectivity index (χ1v) is 7.83. The Balaban J connectivity index is 1.55. The minimum atomic E-state index is -0.348. The van der Waals surface area contributed by atoms with Crippen molar-refractivity contribution in [2.75, 3.05) is 0 Å². The standard InChI is InChI=1S/C15H18BrNO2/c16-11-5-7-12(8-6-11)17-15(18)14-9-10-3-1-2-4-13(10)19-14/h1-4,11-12,14H,5-9H2,(H,17,18). The Kier molecular flexibility index (Phi) is 3.78. The van der Waals surface area contributed by atoms with Crippen molar-refractivity contribution in [3.63, 3.8) is 0 Å². The lowest BCUT2D eigenvalue weighted by atomic mass is 9.95. The second-order valence-corrected chi connectivity index (χ2v) is 6.67. The van der Waals surface area contributed by atoms with Crippen LogP contribution in [0.3, 0.4) is 0 Å². The van der Waals surface area contributed by atoms with Crippen LogP contribution in [-0.2, 0) is 11.2 Å². The van der Waals surface area contributed by atoms with Gasteiger partial charge in [0, 0.05) is 17.3 Å². The normalized spacial score (nSPS) is 29.4. The number of hydrogen-bond acceptors (Lipinski definition) is 2. The van der Waals surface area contributed by atoms with Gasteiger partial charge < -0.3 is 10.1 Å². The van der Waals surface area contributed by atoms with Crippen LogP contribution in [-0.4, -0.2) is 22.9 Å². The summed E-state index contributed by atoms with van der Waals surface area (Å²) < 4.78 is 5.71. The molecule has 0 spiro atoms. The summed E-state index contributed by atoms with van der Waals surface area (Å²) in [5.74, 6) is 0.890. The van der Waals surface area contributed by atoms with Gasteiger partial charge in [-0.25, -0.2) is 0 Å². The van der Waals surface area contributed by atoms with Crippen LogP contribution in [0, 0.1) is 0 Å². The van der Waals surface area contributed by atoms with Gasteiger partial charge in [-0.15, -0.1) is 0 Å². The van der Waals surface area contributed by atoms with Crippen LogP contribution in [0.5, 0.6) is 5.75 Å². The largest absolute Gasteiger partial charge is 0.480 e. The summed E-state index contributed by atoms with van der Waals surface area (Å²) in [6.07, 6.45) is 4.73. The Hall–Kier alpha value is -1.03. The number of alkyl halides is 1. The Morgan fingerprint density at radius 1 is 1.21 bits per heavy atom. The molecule has 19 heavy (non-hydrogen) atoms. The predicted octanol–water partition coefficient (Wildman–Crippen LogP) is 2.81. The van der Waals surface area contributed by atoms with Gasteiger partial charge in [0.1, 0.15) is 5.75 Å². The van der Waals surface area contributed by atoms with E-state index in [0.717, 1.165) is 37.0 Å². The molecule has 3 nitrogen and oxygen atoms in total. The van der Waals surface area contributed by atoms with Crippen molar-refractivity contribution < 1.29 is 9.53 Å². The smallest absolute Gasteiger partial charge is 0.261 e. The number of rotatable bonds is 2. The molecule has 0 radical (unpaired) electrons. The van der Waals surface area contributed by atoms with Gasteiger partial charge in [0.2, 0.25) is 0 Å². The third-order valence-corrected chi connectivity index (χ3v) is 4.86. The highest BCUT2D eigenvalue weighted by Crippen LogP contribution is 2.29. The summed E-state index contributed by atoms with van der Waals surface area (Å²) in [7, 11) is 0. The van der Waals surface area contributed by atoms with E-state index in [1.165, 1.54) is 0 Å². The number of hydrogen-bond donors (Lipinski definition) is 1. The minimum absolute atomic E-state index is 0.0363. The van der Waals surface area contributed by atoms with Crippen LogP contribution >= 0.6 is 15.9 Å². The fourth-order valence-corrected chi connectivity index (χ4v) is 3.35. The third-order valence-electron chi connectivity index (χ3n) is 3.94. The highest BCUT2D eigenvalue weighted by Gasteiger charge is 2.30. The van der Waals surface area contributed by atoms with E-state index in [4.69, 9.17) is 4.74 Å². The average molecular weight is 324 g/mol. The first-order valence-electron chi connectivity index (χ1n) is 6.91. The fraction of sp³-hybridized carbons (Fsp3) is 0.533. The Morgan fingerprint density at radius 2 is 1.95 bits per heavy atom. The molecule has 0 saturated heterocycles. The summed E-state index contributed by atoms with van der Waals surface area (Å²) in [6, 6.07) is 8.20. The summed E-state index contributed by atoms with van der Waals surface area (Å²) >= 11 is 3.63. The van der Waals surface area contributed by atoms with E-state index in [-0.39, 0.29) is 12.0 Å². The molecular formula is C15H18BrNO2. The van der Waals surface area contributed by atoms with Crippen molar-refractivity contribution in [3.8, 4) is 5.75 Å². The molecule has 0 aromatic heterocycles. The zero-order valence-corrected chi connectivity index (χ0v) is 12.4. The molecular weight excluding hydrogens is 306 g/mol. The molecule has 4 heteroatoms. The first-order chi connectivity index (χ1) is 9.22. The third kappa shape index (κ3) is 2.94. The molecule has 1 aromatic rings. The first kappa shape index (κ1) is 13.0. The molecule has 3 rings (SSSR count). The Bertz CT molecular complexity index is 444. The van der Waals surface area contributed by atoms with Crippen molar-refractivity contribution in [2.24, 2.45) is 0 Å². The molecule has 1 saturated carbocycles. The van der Waals surface area contributed by atoms with Crippen molar-refractivity contribution in [1.29, 1.82) is 0 Å². The zero-order valence-electron chi connectivity index (χ0n) is 10.8. The van der Waals surface area contributed by atoms with Gasteiger partial charge in [-0.3, -0.25) is 4.79 Å². The molecule has 102 valence electrons. The van der Waals surface area contributed by atoms with Gasteiger partial charge >= 0.3 is 0 Å². The molecule has 1 aliphatic heterocycles. The van der Waals surface area contributed by atoms with Gasteiger partial charge in [-0.05, 0) is 37.3 Å². The quantitative estimate of drug-likeness (QED) is 0.850. The number of ether oxygens (including phenoxy) is 1. The maximum Gasteiger partial charge on any atom is 0.261 e. The molecule has 2 aliphatic rings. The van der Waals surface area contributed by atoms with Crippen LogP contribution in [0.1, 0.15) is 31.2 Å². The van der Waals surface area contributed by atoms with E-state index in [9.17, 15) is 4.79 Å². The second kappa shape index (κ2) is 5.53. The van der Waals surface area contributed by atoms with E-state index in [0.29, 0.717) is 17.3 Å². The van der Waals surface area contributed by atoms with E-state index in [1.807, 2.05) is 24.3 Å². The number of para-hydroxylation sites is 1. The molecule has 1 heterocycles. The summed E-state index contributed by atoms with van der Waals surface area (Å²) in [5.41, 5.74) is 1.13. The average Bonchev–Trinajstić information content (AvgIpc) is 2.85. The SMILES string of the molecule is O=C(NC1CCC(Br)CC1)C1Cc2ccccc2O1. The number of fused-ring (bicyclic) bond motifs is 1. The maximum atomic E-state index is 12.2. The van der Waals surface area contributed by atoms with Crippen LogP contribution in [0.15, 0.2) is 24.3 Å². The number of carbonyl (C=O) groups excluding carboxylic acids is 1. The van der Waals surface area contributed by atoms with Crippen molar-refractivity contribution in [1.82, 2.24) is 5.32 Å². The van der Waals surface area contributed by atoms with Crippen LogP contribution in [0.25, 0.3) is 0 Å². The Labute approximate surface area is 121 Å². The van der Waals surface area contributed by atoms with Gasteiger partial charge in [0.25, 0.3) is 5.91 Å². The molecule has 0 bridgehead atoms. The zero-order chi connectivity index (χ0) is 13.2. The van der Waals surface area contributed by atoms with Gasteiger partial charge in [0.05, 0.1) is 0 Å². The number of carbonyl (C=O) groups is 1. The minimum Gasteiger partial charge on any atom is -0.480 e. The number of benzene rings is 1. The topological polar surface area (TPSA) is 38.3 Å². The summed E-state index contributed by atoms with van der Waals surface area (Å²) in [4.78, 5) is 12.8. The van der Waals surface area contributed by atoms with Gasteiger partial charge in [-0.1, -0.05) is 34.1 Å². The monoisotopic (exact) mass is 323 g/mol. The van der Waals surface area contributed by atoms with Crippen LogP contribution in [0.2, 0.25) is 0 Å². The maximum absolute atomic E-state index is 12.2. The van der Waals surface area contributed by atoms with E-state index < -0.39 is 0 Å². The van der Waals surface area contributed by atoms with Crippen molar-refractivity contribution >= 4 is 21.8 Å². The molecule has 1 aliphatic carbocycles. The number of nitrogens with one attached hydrogen (secondary N) is 1. The predicted molar refractivity (Wildman–Crippen MR) is 77.7 cm³/mol. The lowest BCUT2D eigenvalue weighted by Crippen LogP contribution is -2.44. The highest BCUT2D eigenvalue weighted by molar-refractivity contribution is 9.09. The second-order valence-electron chi connectivity index (χ2n) is 5.38. The molecule has 1 atom stereocenters. The summed E-state index contributed by atoms with van der Waals surface area (Å²) in [5, 5.41) is 3.13. The van der Waals surface area contributed by atoms with Gasteiger partial charge in [0.15, 0.2) is 6.10 Å². The van der Waals surface area contributed by atoms with E-state index in [2.05, 4.69) is 21.2 Å². The molecule has 1 N–H and O–H groups in total. The molecule has 1 aromatic carbocycles. The number of amides is 1. The van der Waals surface area contributed by atoms with E-state index >= 15 is 0 Å². The molecule has 1 fully saturated rings. The molecule has 1 unspecified atom stereocenters. The molecule has 1 amide bonds. The highest BCUT2D eigenvalue weighted by atomic mass is 79.9. The van der Waals surface area contributed by atoms with Crippen molar-refractivity contribution in [2.45, 2.75) is 49.1 Å². The van der Waals surface area contributed by atoms with Crippen LogP contribution in [0.4, 0.5) is 0 Å². The Morgan fingerprint density at radius 3 is 2.68 bits per heavy atom. The lowest BCUT2D eigenvalue weighted by Gasteiger charge is -2.26. The summed E-state index contributed by atoms with van der Waals surface area (Å²) in [6.45, 7) is 0. The van der Waals surface area contributed by atoms with Gasteiger partial charge in [-0.2, -0.15) is 0 Å². The van der Waals surface area contributed by atoms with E-state index in [1.54, 1.807) is 0 Å². The van der Waals surface area contributed by atoms with Crippen LogP contribution < -0.4 is 10.1 Å². The number of halogens is 1.